The lowest BCUT2D eigenvalue weighted by molar-refractivity contribution is -0.135. The molecule has 2 unspecified atom stereocenters. The van der Waals surface area contributed by atoms with Crippen LogP contribution in [-0.4, -0.2) is 43.0 Å². The summed E-state index contributed by atoms with van der Waals surface area (Å²) in [6.45, 7) is 1.64. The normalized spacial score (nSPS) is 38.6. The van der Waals surface area contributed by atoms with Gasteiger partial charge in [-0.2, -0.15) is 0 Å². The van der Waals surface area contributed by atoms with Crippen LogP contribution in [0.25, 0.3) is 0 Å². The molecule has 2 saturated heterocycles. The van der Waals surface area contributed by atoms with Crippen molar-refractivity contribution in [1.82, 2.24) is 4.90 Å². The highest BCUT2D eigenvalue weighted by Crippen LogP contribution is 2.35. The van der Waals surface area contributed by atoms with E-state index in [9.17, 15) is 4.79 Å². The van der Waals surface area contributed by atoms with Gasteiger partial charge in [-0.05, 0) is 32.7 Å². The molecule has 3 nitrogen and oxygen atoms in total. The van der Waals surface area contributed by atoms with Crippen LogP contribution in [0.2, 0.25) is 0 Å². The number of carbonyl (C=O) groups excluding carboxylic acids is 1. The van der Waals surface area contributed by atoms with Crippen molar-refractivity contribution in [1.29, 1.82) is 0 Å². The molecule has 2 atom stereocenters. The van der Waals surface area contributed by atoms with Crippen LogP contribution < -0.4 is 0 Å². The van der Waals surface area contributed by atoms with Crippen LogP contribution in [0.3, 0.4) is 0 Å². The highest BCUT2D eigenvalue weighted by molar-refractivity contribution is 5.83. The second-order valence-corrected chi connectivity index (χ2v) is 6.42. The van der Waals surface area contributed by atoms with E-state index in [1.54, 1.807) is 0 Å². The quantitative estimate of drug-likeness (QED) is 0.754. The number of rotatable bonds is 2. The third-order valence-electron chi connectivity index (χ3n) is 5.30. The number of likely N-dealkylation sites (N-methyl/N-ethyl adjacent to an activating group) is 1. The van der Waals surface area contributed by atoms with Crippen molar-refractivity contribution < 1.29 is 9.53 Å². The van der Waals surface area contributed by atoms with Gasteiger partial charge in [-0.15, -0.1) is 0 Å². The summed E-state index contributed by atoms with van der Waals surface area (Å²) in [6, 6.07) is 0.963. The predicted molar refractivity (Wildman–Crippen MR) is 70.5 cm³/mol. The van der Waals surface area contributed by atoms with Crippen LogP contribution in [0, 0.1) is 11.8 Å². The van der Waals surface area contributed by atoms with Crippen LogP contribution in [0.1, 0.15) is 44.9 Å². The summed E-state index contributed by atoms with van der Waals surface area (Å²) in [6.07, 6.45) is 8.22. The first kappa shape index (κ1) is 12.6. The molecule has 3 fully saturated rings. The van der Waals surface area contributed by atoms with Crippen molar-refractivity contribution in [3.63, 3.8) is 0 Å². The van der Waals surface area contributed by atoms with E-state index < -0.39 is 0 Å². The van der Waals surface area contributed by atoms with E-state index in [4.69, 9.17) is 4.74 Å². The van der Waals surface area contributed by atoms with Gasteiger partial charge >= 0.3 is 0 Å². The number of carbonyl (C=O) groups is 1. The lowest BCUT2D eigenvalue weighted by Crippen LogP contribution is -2.56. The highest BCUT2D eigenvalue weighted by atomic mass is 16.5. The molecular weight excluding hydrogens is 226 g/mol. The Bertz CT molecular complexity index is 298. The first-order valence-electron chi connectivity index (χ1n) is 7.59. The molecule has 0 amide bonds. The largest absolute Gasteiger partial charge is 0.378 e. The minimum Gasteiger partial charge on any atom is -0.378 e. The summed E-state index contributed by atoms with van der Waals surface area (Å²) in [7, 11) is 2.19. The van der Waals surface area contributed by atoms with Gasteiger partial charge in [0.05, 0.1) is 13.2 Å². The molecule has 3 heteroatoms. The van der Waals surface area contributed by atoms with Crippen LogP contribution in [0.5, 0.6) is 0 Å². The first-order chi connectivity index (χ1) is 8.75. The SMILES string of the molecule is CN1C2COCC1CC(C(=O)C1CCCCC1)C2. The van der Waals surface area contributed by atoms with Crippen molar-refractivity contribution in [2.24, 2.45) is 11.8 Å². The third-order valence-corrected chi connectivity index (χ3v) is 5.30. The zero-order chi connectivity index (χ0) is 12.5. The maximum absolute atomic E-state index is 12.6. The predicted octanol–water partition coefficient (Wildman–Crippen LogP) is 2.25. The van der Waals surface area contributed by atoms with Gasteiger partial charge in [0.15, 0.2) is 0 Å². The van der Waals surface area contributed by atoms with Gasteiger partial charge in [-0.1, -0.05) is 19.3 Å². The minimum absolute atomic E-state index is 0.322. The number of fused-ring (bicyclic) bond motifs is 2. The summed E-state index contributed by atoms with van der Waals surface area (Å²) in [5.74, 6) is 1.29. The number of Topliss-reactive ketones (excluding diaryl/α,β-unsaturated/α-hetero) is 1. The molecule has 18 heavy (non-hydrogen) atoms. The highest BCUT2D eigenvalue weighted by Gasteiger charge is 2.40. The Hall–Kier alpha value is -0.410. The summed E-state index contributed by atoms with van der Waals surface area (Å²) < 4.78 is 5.63. The smallest absolute Gasteiger partial charge is 0.139 e. The molecule has 3 rings (SSSR count). The lowest BCUT2D eigenvalue weighted by atomic mass is 9.75. The Balaban J connectivity index is 1.64. The topological polar surface area (TPSA) is 29.5 Å². The third kappa shape index (κ3) is 2.35. The Morgan fingerprint density at radius 1 is 1.00 bits per heavy atom. The molecule has 2 heterocycles. The van der Waals surface area contributed by atoms with E-state index in [0.717, 1.165) is 38.9 Å². The number of morpholine rings is 1. The molecule has 1 aliphatic carbocycles. The Kier molecular flexibility index (Phi) is 3.71. The van der Waals surface area contributed by atoms with Crippen molar-refractivity contribution in [3.05, 3.63) is 0 Å². The number of hydrogen-bond donors (Lipinski definition) is 0. The molecule has 2 bridgehead atoms. The van der Waals surface area contributed by atoms with Crippen molar-refractivity contribution in [3.8, 4) is 0 Å². The summed E-state index contributed by atoms with van der Waals surface area (Å²) in [4.78, 5) is 15.1. The minimum atomic E-state index is 0.322. The zero-order valence-corrected chi connectivity index (χ0v) is 11.4. The standard InChI is InChI=1S/C15H25NO2/c1-16-13-7-12(8-14(16)10-18-9-13)15(17)11-5-3-2-4-6-11/h11-14H,2-10H2,1H3. The monoisotopic (exact) mass is 251 g/mol. The average molecular weight is 251 g/mol. The molecule has 0 spiro atoms. The second-order valence-electron chi connectivity index (χ2n) is 6.42. The molecule has 1 saturated carbocycles. The average Bonchev–Trinajstić information content (AvgIpc) is 2.38. The number of hydrogen-bond acceptors (Lipinski definition) is 3. The van der Waals surface area contributed by atoms with Gasteiger partial charge in [0, 0.05) is 23.9 Å². The van der Waals surface area contributed by atoms with E-state index in [-0.39, 0.29) is 0 Å². The molecule has 0 radical (unpaired) electrons. The van der Waals surface area contributed by atoms with Gasteiger partial charge in [-0.3, -0.25) is 9.69 Å². The number of piperidine rings is 1. The van der Waals surface area contributed by atoms with Gasteiger partial charge in [0.25, 0.3) is 0 Å². The van der Waals surface area contributed by atoms with Gasteiger partial charge in [0.2, 0.25) is 0 Å². The molecule has 0 aromatic heterocycles. The fraction of sp³-hybridized carbons (Fsp3) is 0.933. The summed E-state index contributed by atoms with van der Waals surface area (Å²) in [5.41, 5.74) is 0. The van der Waals surface area contributed by atoms with Crippen LogP contribution in [-0.2, 0) is 9.53 Å². The van der Waals surface area contributed by atoms with Gasteiger partial charge in [-0.25, -0.2) is 0 Å². The number of nitrogens with zero attached hydrogens (tertiary/aromatic N) is 1. The van der Waals surface area contributed by atoms with E-state index in [1.807, 2.05) is 0 Å². The molecule has 102 valence electrons. The molecular formula is C15H25NO2. The van der Waals surface area contributed by atoms with Crippen molar-refractivity contribution in [2.45, 2.75) is 57.0 Å². The van der Waals surface area contributed by atoms with E-state index >= 15 is 0 Å². The first-order valence-corrected chi connectivity index (χ1v) is 7.59. The zero-order valence-electron chi connectivity index (χ0n) is 11.4. The van der Waals surface area contributed by atoms with Gasteiger partial charge in [0.1, 0.15) is 5.78 Å². The van der Waals surface area contributed by atoms with Crippen LogP contribution in [0.15, 0.2) is 0 Å². The van der Waals surface area contributed by atoms with E-state index in [0.29, 0.717) is 29.7 Å². The summed E-state index contributed by atoms with van der Waals surface area (Å²) >= 11 is 0. The molecule has 3 aliphatic rings. The Morgan fingerprint density at radius 3 is 2.22 bits per heavy atom. The van der Waals surface area contributed by atoms with Crippen molar-refractivity contribution in [2.75, 3.05) is 20.3 Å². The number of ketones is 1. The maximum Gasteiger partial charge on any atom is 0.139 e. The van der Waals surface area contributed by atoms with E-state index in [2.05, 4.69) is 11.9 Å². The van der Waals surface area contributed by atoms with Crippen molar-refractivity contribution >= 4 is 5.78 Å². The number of ether oxygens (including phenoxy) is 1. The Labute approximate surface area is 110 Å². The van der Waals surface area contributed by atoms with Crippen LogP contribution in [0.4, 0.5) is 0 Å². The lowest BCUT2D eigenvalue weighted by Gasteiger charge is -2.46. The summed E-state index contributed by atoms with van der Waals surface area (Å²) in [5, 5.41) is 0. The van der Waals surface area contributed by atoms with Gasteiger partial charge < -0.3 is 4.74 Å². The Morgan fingerprint density at radius 2 is 1.61 bits per heavy atom. The van der Waals surface area contributed by atoms with Crippen LogP contribution >= 0.6 is 0 Å². The molecule has 0 N–H and O–H groups in total. The molecule has 0 aromatic rings. The molecule has 0 aromatic carbocycles. The fourth-order valence-corrected chi connectivity index (χ4v) is 4.05. The second kappa shape index (κ2) is 5.30. The fourth-order valence-electron chi connectivity index (χ4n) is 4.05. The molecule has 2 aliphatic heterocycles. The van der Waals surface area contributed by atoms with E-state index in [1.165, 1.54) is 19.3 Å². The maximum atomic E-state index is 12.6.